The Balaban J connectivity index is 0.00000320. The summed E-state index contributed by atoms with van der Waals surface area (Å²) in [7, 11) is 0. The number of rotatable bonds is 8. The van der Waals surface area contributed by atoms with Crippen molar-refractivity contribution in [2.45, 2.75) is 46.1 Å². The highest BCUT2D eigenvalue weighted by molar-refractivity contribution is 14.0. The Morgan fingerprint density at radius 2 is 1.83 bits per heavy atom. The monoisotopic (exact) mass is 531 g/mol. The van der Waals surface area contributed by atoms with Crippen LogP contribution in [0.25, 0.3) is 0 Å². The summed E-state index contributed by atoms with van der Waals surface area (Å²) in [5.74, 6) is 2.38. The number of aromatic nitrogens is 2. The van der Waals surface area contributed by atoms with Crippen LogP contribution in [0.15, 0.2) is 17.4 Å². The van der Waals surface area contributed by atoms with E-state index in [-0.39, 0.29) is 24.0 Å². The average molecular weight is 531 g/mol. The number of hydrogen-bond donors (Lipinski definition) is 1. The number of likely N-dealkylation sites (tertiary alicyclic amines) is 1. The molecule has 0 bridgehead atoms. The summed E-state index contributed by atoms with van der Waals surface area (Å²) in [6.07, 6.45) is 8.38. The normalized spacial score (nSPS) is 17.9. The molecule has 8 nitrogen and oxygen atoms in total. The van der Waals surface area contributed by atoms with Gasteiger partial charge in [0.2, 0.25) is 5.91 Å². The lowest BCUT2D eigenvalue weighted by Crippen LogP contribution is -2.54. The van der Waals surface area contributed by atoms with Crippen LogP contribution in [0.2, 0.25) is 0 Å². The fraction of sp³-hybridized carbons (Fsp3) is 0.762. The van der Waals surface area contributed by atoms with Crippen molar-refractivity contribution >= 4 is 35.8 Å². The lowest BCUT2D eigenvalue weighted by molar-refractivity contribution is -0.131. The second kappa shape index (κ2) is 13.1. The van der Waals surface area contributed by atoms with Crippen LogP contribution in [0.1, 0.15) is 38.4 Å². The van der Waals surface area contributed by atoms with Crippen molar-refractivity contribution in [1.29, 1.82) is 0 Å². The molecule has 3 rings (SSSR count). The van der Waals surface area contributed by atoms with Crippen molar-refractivity contribution in [3.63, 3.8) is 0 Å². The molecular weight excluding hydrogens is 493 g/mol. The molecule has 2 fully saturated rings. The zero-order valence-corrected chi connectivity index (χ0v) is 20.9. The van der Waals surface area contributed by atoms with E-state index in [9.17, 15) is 4.79 Å². The van der Waals surface area contributed by atoms with Gasteiger partial charge in [0.15, 0.2) is 5.96 Å². The molecule has 1 amide bonds. The number of imidazole rings is 1. The largest absolute Gasteiger partial charge is 0.357 e. The third-order valence-electron chi connectivity index (χ3n) is 5.82. The molecule has 0 radical (unpaired) electrons. The predicted octanol–water partition coefficient (Wildman–Crippen LogP) is 1.80. The fourth-order valence-corrected chi connectivity index (χ4v) is 4.02. The molecule has 9 heteroatoms. The van der Waals surface area contributed by atoms with E-state index in [0.29, 0.717) is 12.5 Å². The molecule has 2 aliphatic rings. The number of aliphatic imine (C=N–C) groups is 1. The van der Waals surface area contributed by atoms with Crippen molar-refractivity contribution in [2.75, 3.05) is 58.9 Å². The third kappa shape index (κ3) is 7.40. The maximum absolute atomic E-state index is 12.4. The molecule has 170 valence electrons. The molecule has 0 aliphatic carbocycles. The number of aryl methyl sites for hydroxylation is 2. The van der Waals surface area contributed by atoms with E-state index in [0.717, 1.165) is 96.4 Å². The number of halogens is 1. The summed E-state index contributed by atoms with van der Waals surface area (Å²) in [5.41, 5.74) is 0. The van der Waals surface area contributed by atoms with Crippen molar-refractivity contribution < 1.29 is 4.79 Å². The predicted molar refractivity (Wildman–Crippen MR) is 131 cm³/mol. The number of carbonyl (C=O) groups excluding carboxylic acids is 1. The van der Waals surface area contributed by atoms with Crippen LogP contribution in [0.4, 0.5) is 0 Å². The molecule has 2 aliphatic heterocycles. The Kier molecular flexibility index (Phi) is 10.9. The van der Waals surface area contributed by atoms with Gasteiger partial charge in [-0.3, -0.25) is 14.7 Å². The summed E-state index contributed by atoms with van der Waals surface area (Å²) < 4.78 is 2.19. The van der Waals surface area contributed by atoms with Crippen molar-refractivity contribution in [3.8, 4) is 0 Å². The first-order chi connectivity index (χ1) is 14.2. The van der Waals surface area contributed by atoms with Crippen molar-refractivity contribution in [2.24, 2.45) is 4.99 Å². The number of piperazine rings is 1. The minimum atomic E-state index is 0. The highest BCUT2D eigenvalue weighted by atomic mass is 127. The van der Waals surface area contributed by atoms with Gasteiger partial charge in [-0.1, -0.05) is 0 Å². The highest BCUT2D eigenvalue weighted by Crippen LogP contribution is 2.09. The van der Waals surface area contributed by atoms with Gasteiger partial charge in [0.1, 0.15) is 5.82 Å². The van der Waals surface area contributed by atoms with Crippen LogP contribution >= 0.6 is 24.0 Å². The Morgan fingerprint density at radius 1 is 1.10 bits per heavy atom. The number of hydrogen-bond acceptors (Lipinski definition) is 4. The summed E-state index contributed by atoms with van der Waals surface area (Å²) in [4.78, 5) is 28.1. The van der Waals surface area contributed by atoms with E-state index in [4.69, 9.17) is 4.99 Å². The molecular formula is C21H38IN7O. The number of unbranched alkanes of at least 4 members (excludes halogenated alkanes) is 1. The minimum Gasteiger partial charge on any atom is -0.357 e. The molecule has 0 aromatic carbocycles. The zero-order valence-electron chi connectivity index (χ0n) is 18.6. The highest BCUT2D eigenvalue weighted by Gasteiger charge is 2.24. The van der Waals surface area contributed by atoms with Gasteiger partial charge < -0.3 is 19.7 Å². The Labute approximate surface area is 198 Å². The summed E-state index contributed by atoms with van der Waals surface area (Å²) >= 11 is 0. The van der Waals surface area contributed by atoms with E-state index in [1.165, 1.54) is 0 Å². The zero-order chi connectivity index (χ0) is 20.5. The first kappa shape index (κ1) is 24.9. The Bertz CT molecular complexity index is 664. The molecule has 0 unspecified atom stereocenters. The first-order valence-electron chi connectivity index (χ1n) is 11.2. The standard InChI is InChI=1S/C21H37N7O.HI/c1-3-22-21(24-8-4-5-10-26-13-9-23-19(26)2)28-16-14-25(15-17-28)18-20(29)27-11-6-7-12-27;/h9,13H,3-8,10-12,14-18H2,1-2H3,(H,22,24);1H. The summed E-state index contributed by atoms with van der Waals surface area (Å²) in [5, 5.41) is 3.43. The van der Waals surface area contributed by atoms with Crippen molar-refractivity contribution in [3.05, 3.63) is 18.2 Å². The van der Waals surface area contributed by atoms with E-state index in [1.807, 2.05) is 24.2 Å². The van der Waals surface area contributed by atoms with E-state index in [2.05, 4.69) is 31.6 Å². The van der Waals surface area contributed by atoms with Crippen LogP contribution in [0, 0.1) is 6.92 Å². The molecule has 1 aromatic rings. The van der Waals surface area contributed by atoms with Crippen LogP contribution in [-0.2, 0) is 11.3 Å². The number of nitrogens with one attached hydrogen (secondary N) is 1. The van der Waals surface area contributed by atoms with Gasteiger partial charge in [0, 0.05) is 71.3 Å². The summed E-state index contributed by atoms with van der Waals surface area (Å²) in [6.45, 7) is 13.0. The van der Waals surface area contributed by atoms with Gasteiger partial charge in [0.25, 0.3) is 0 Å². The number of guanidine groups is 1. The molecule has 3 heterocycles. The van der Waals surface area contributed by atoms with Gasteiger partial charge in [-0.15, -0.1) is 24.0 Å². The maximum Gasteiger partial charge on any atom is 0.236 e. The fourth-order valence-electron chi connectivity index (χ4n) is 4.02. The lowest BCUT2D eigenvalue weighted by Gasteiger charge is -2.36. The van der Waals surface area contributed by atoms with E-state index >= 15 is 0 Å². The second-order valence-electron chi connectivity index (χ2n) is 7.96. The second-order valence-corrected chi connectivity index (χ2v) is 7.96. The summed E-state index contributed by atoms with van der Waals surface area (Å²) in [6, 6.07) is 0. The van der Waals surface area contributed by atoms with Crippen LogP contribution in [0.3, 0.4) is 0 Å². The third-order valence-corrected chi connectivity index (χ3v) is 5.82. The first-order valence-corrected chi connectivity index (χ1v) is 11.2. The van der Waals surface area contributed by atoms with Crippen LogP contribution in [-0.4, -0.2) is 95.0 Å². The molecule has 0 spiro atoms. The van der Waals surface area contributed by atoms with Gasteiger partial charge in [-0.2, -0.15) is 0 Å². The van der Waals surface area contributed by atoms with Gasteiger partial charge in [-0.25, -0.2) is 4.98 Å². The van der Waals surface area contributed by atoms with Gasteiger partial charge >= 0.3 is 0 Å². The number of carbonyl (C=O) groups is 1. The molecule has 1 N–H and O–H groups in total. The molecule has 30 heavy (non-hydrogen) atoms. The molecule has 0 saturated carbocycles. The van der Waals surface area contributed by atoms with E-state index < -0.39 is 0 Å². The van der Waals surface area contributed by atoms with Gasteiger partial charge in [-0.05, 0) is 39.5 Å². The van der Waals surface area contributed by atoms with E-state index in [1.54, 1.807) is 0 Å². The van der Waals surface area contributed by atoms with Crippen molar-refractivity contribution in [1.82, 2.24) is 29.6 Å². The van der Waals surface area contributed by atoms with Gasteiger partial charge in [0.05, 0.1) is 6.54 Å². The molecule has 2 saturated heterocycles. The van der Waals surface area contributed by atoms with Crippen LogP contribution < -0.4 is 5.32 Å². The molecule has 1 aromatic heterocycles. The quantitative estimate of drug-likeness (QED) is 0.240. The smallest absolute Gasteiger partial charge is 0.236 e. The topological polar surface area (TPSA) is 69.0 Å². The van der Waals surface area contributed by atoms with Crippen LogP contribution in [0.5, 0.6) is 0 Å². The number of amides is 1. The Morgan fingerprint density at radius 3 is 2.47 bits per heavy atom. The molecule has 0 atom stereocenters. The average Bonchev–Trinajstić information content (AvgIpc) is 3.40. The lowest BCUT2D eigenvalue weighted by atomic mass is 10.3. The Hall–Kier alpha value is -1.36. The maximum atomic E-state index is 12.4. The minimum absolute atomic E-state index is 0. The number of nitrogens with zero attached hydrogens (tertiary/aromatic N) is 6. The SMILES string of the molecule is CCNC(=NCCCCn1ccnc1C)N1CCN(CC(=O)N2CCCC2)CC1.I.